The molecule has 10 heteroatoms. The highest BCUT2D eigenvalue weighted by Crippen LogP contribution is 2.23. The molecule has 156 valence electrons. The maximum absolute atomic E-state index is 11.0. The van der Waals surface area contributed by atoms with Crippen LogP contribution in [0.2, 0.25) is 0 Å². The van der Waals surface area contributed by atoms with Gasteiger partial charge in [-0.2, -0.15) is 0 Å². The Bertz CT molecular complexity index is 352. The molecule has 0 aliphatic carbocycles. The summed E-state index contributed by atoms with van der Waals surface area (Å²) in [5.41, 5.74) is 8.38. The third-order valence-electron chi connectivity index (χ3n) is 4.74. The minimum atomic E-state index is -1.16. The van der Waals surface area contributed by atoms with E-state index < -0.39 is 62.4 Å². The van der Waals surface area contributed by atoms with E-state index in [9.17, 15) is 35.4 Å². The van der Waals surface area contributed by atoms with Crippen molar-refractivity contribution in [3.63, 3.8) is 0 Å². The van der Waals surface area contributed by atoms with Crippen LogP contribution in [-0.2, 0) is 4.79 Å². The number of primary amides is 1. The van der Waals surface area contributed by atoms with E-state index in [2.05, 4.69) is 0 Å². The molecule has 0 rings (SSSR count). The summed E-state index contributed by atoms with van der Waals surface area (Å²) < 4.78 is 0. The molecule has 0 radical (unpaired) electrons. The first-order chi connectivity index (χ1) is 12.3. The Balaban J connectivity index is 5.01. The van der Waals surface area contributed by atoms with Crippen LogP contribution < -0.4 is 11.5 Å². The lowest BCUT2D eigenvalue weighted by Gasteiger charge is -2.39. The number of carbonyl (C=O) groups excluding carboxylic acids is 1. The van der Waals surface area contributed by atoms with Crippen LogP contribution in [0, 0.1) is 10.8 Å². The number of aliphatic hydroxyl groups excluding tert-OH is 6. The molecule has 1 amide bonds. The lowest BCUT2D eigenvalue weighted by Crippen LogP contribution is -2.51. The van der Waals surface area contributed by atoms with Gasteiger partial charge in [-0.05, 0) is 19.4 Å². The normalized spacial score (nSPS) is 14.0. The highest BCUT2D eigenvalue weighted by Gasteiger charge is 2.35. The van der Waals surface area contributed by atoms with Crippen molar-refractivity contribution in [1.82, 2.24) is 4.90 Å². The Morgan fingerprint density at radius 2 is 1.19 bits per heavy atom. The number of nitrogens with zero attached hydrogens (tertiary/aromatic N) is 1. The van der Waals surface area contributed by atoms with Crippen molar-refractivity contribution in [2.24, 2.45) is 22.3 Å². The Hall–Kier alpha value is -0.850. The summed E-state index contributed by atoms with van der Waals surface area (Å²) in [6.45, 7) is -2.09. The number of amides is 1. The number of unbranched alkanes of at least 4 members (excludes halogenated alkanes) is 1. The van der Waals surface area contributed by atoms with E-state index in [1.807, 2.05) is 0 Å². The highest BCUT2D eigenvalue weighted by molar-refractivity contribution is 5.79. The van der Waals surface area contributed by atoms with Crippen LogP contribution >= 0.6 is 0 Å². The first-order valence-electron chi connectivity index (χ1n) is 8.70. The van der Waals surface area contributed by atoms with Gasteiger partial charge in [-0.3, -0.25) is 4.79 Å². The smallest absolute Gasteiger partial charge is 0.234 e. The summed E-state index contributed by atoms with van der Waals surface area (Å²) in [5, 5.41) is 57.2. The first kappa shape index (κ1) is 25.1. The summed E-state index contributed by atoms with van der Waals surface area (Å²) in [6.07, 6.45) is 1.59. The van der Waals surface area contributed by atoms with Crippen molar-refractivity contribution < 1.29 is 35.4 Å². The van der Waals surface area contributed by atoms with E-state index >= 15 is 0 Å². The zero-order valence-electron chi connectivity index (χ0n) is 15.3. The summed E-state index contributed by atoms with van der Waals surface area (Å²) in [5.74, 6) is -0.582. The van der Waals surface area contributed by atoms with Crippen LogP contribution in [0.15, 0.2) is 0 Å². The molecule has 0 aromatic heterocycles. The zero-order valence-corrected chi connectivity index (χ0v) is 15.3. The largest absolute Gasteiger partial charge is 0.396 e. The monoisotopic (exact) mass is 381 g/mol. The zero-order chi connectivity index (χ0) is 20.2. The van der Waals surface area contributed by atoms with Crippen LogP contribution in [0.4, 0.5) is 0 Å². The van der Waals surface area contributed by atoms with Gasteiger partial charge in [0.2, 0.25) is 5.91 Å². The van der Waals surface area contributed by atoms with Gasteiger partial charge in [-0.15, -0.1) is 0 Å². The van der Waals surface area contributed by atoms with Crippen LogP contribution in [-0.4, -0.2) is 107 Å². The van der Waals surface area contributed by atoms with Gasteiger partial charge in [0.1, 0.15) is 0 Å². The fourth-order valence-corrected chi connectivity index (χ4v) is 2.60. The molecule has 10 nitrogen and oxygen atoms in total. The predicted molar refractivity (Wildman–Crippen MR) is 94.8 cm³/mol. The summed E-state index contributed by atoms with van der Waals surface area (Å²) in [7, 11) is 0. The highest BCUT2D eigenvalue weighted by atomic mass is 16.3. The maximum Gasteiger partial charge on any atom is 0.234 e. The van der Waals surface area contributed by atoms with Gasteiger partial charge in [-0.25, -0.2) is 0 Å². The van der Waals surface area contributed by atoms with Crippen molar-refractivity contribution in [2.45, 2.75) is 25.3 Å². The lowest BCUT2D eigenvalue weighted by molar-refractivity contribution is -0.119. The van der Waals surface area contributed by atoms with Crippen molar-refractivity contribution >= 4 is 5.91 Å². The SMILES string of the molecule is NC(=O)[C@H](N)CCCCN(CC(CO)(CO)CO)CC(CO)(CO)CO. The van der Waals surface area contributed by atoms with Gasteiger partial charge < -0.3 is 47.0 Å². The van der Waals surface area contributed by atoms with Crippen molar-refractivity contribution in [3.05, 3.63) is 0 Å². The number of carbonyl (C=O) groups is 1. The van der Waals surface area contributed by atoms with Crippen molar-refractivity contribution in [1.29, 1.82) is 0 Å². The third-order valence-corrected chi connectivity index (χ3v) is 4.74. The van der Waals surface area contributed by atoms with Gasteiger partial charge in [-0.1, -0.05) is 6.42 Å². The van der Waals surface area contributed by atoms with Gasteiger partial charge >= 0.3 is 0 Å². The summed E-state index contributed by atoms with van der Waals surface area (Å²) in [6, 6.07) is -0.735. The molecule has 0 fully saturated rings. The Morgan fingerprint density at radius 3 is 1.50 bits per heavy atom. The van der Waals surface area contributed by atoms with E-state index in [-0.39, 0.29) is 13.1 Å². The molecule has 0 saturated carbocycles. The number of aliphatic hydroxyl groups is 6. The van der Waals surface area contributed by atoms with Crippen molar-refractivity contribution in [2.75, 3.05) is 59.3 Å². The van der Waals surface area contributed by atoms with Gasteiger partial charge in [0, 0.05) is 13.1 Å². The third kappa shape index (κ3) is 7.80. The Kier molecular flexibility index (Phi) is 12.1. The standard InChI is InChI=1S/C16H35N3O7/c17-13(14(18)26)3-1-2-4-19(5-15(7-20,8-21)9-22)6-16(10-23,11-24)12-25/h13,20-25H,1-12,17H2,(H2,18,26)/t13-/m1/s1. The Morgan fingerprint density at radius 1 is 0.808 bits per heavy atom. The van der Waals surface area contributed by atoms with Gasteiger partial charge in [0.25, 0.3) is 0 Å². The van der Waals surface area contributed by atoms with Crippen LogP contribution in [0.5, 0.6) is 0 Å². The molecule has 0 bridgehead atoms. The van der Waals surface area contributed by atoms with E-state index in [0.29, 0.717) is 25.8 Å². The second-order valence-electron chi connectivity index (χ2n) is 7.16. The topological polar surface area (TPSA) is 194 Å². The molecular weight excluding hydrogens is 346 g/mol. The molecule has 26 heavy (non-hydrogen) atoms. The second-order valence-corrected chi connectivity index (χ2v) is 7.16. The fraction of sp³-hybridized carbons (Fsp3) is 0.938. The molecule has 0 spiro atoms. The van der Waals surface area contributed by atoms with Crippen LogP contribution in [0.1, 0.15) is 19.3 Å². The summed E-state index contributed by atoms with van der Waals surface area (Å²) >= 11 is 0. The molecule has 0 heterocycles. The molecule has 0 saturated heterocycles. The van der Waals surface area contributed by atoms with E-state index in [1.54, 1.807) is 4.90 Å². The van der Waals surface area contributed by atoms with E-state index in [4.69, 9.17) is 11.5 Å². The quantitative estimate of drug-likeness (QED) is 0.124. The summed E-state index contributed by atoms with van der Waals surface area (Å²) in [4.78, 5) is 12.7. The number of rotatable bonds is 16. The molecule has 10 N–H and O–H groups in total. The number of nitrogens with two attached hydrogens (primary N) is 2. The molecular formula is C16H35N3O7. The molecule has 0 unspecified atom stereocenters. The lowest BCUT2D eigenvalue weighted by atomic mass is 9.86. The average molecular weight is 381 g/mol. The van der Waals surface area contributed by atoms with Crippen LogP contribution in [0.3, 0.4) is 0 Å². The van der Waals surface area contributed by atoms with Gasteiger partial charge in [0.15, 0.2) is 0 Å². The predicted octanol–water partition coefficient (Wildman–Crippen LogP) is -3.80. The maximum atomic E-state index is 11.0. The number of hydrogen-bond acceptors (Lipinski definition) is 9. The van der Waals surface area contributed by atoms with Crippen LogP contribution in [0.25, 0.3) is 0 Å². The van der Waals surface area contributed by atoms with Gasteiger partial charge in [0.05, 0.1) is 56.5 Å². The molecule has 0 aromatic carbocycles. The number of hydrogen-bond donors (Lipinski definition) is 8. The van der Waals surface area contributed by atoms with E-state index in [0.717, 1.165) is 0 Å². The molecule has 0 aliphatic rings. The fourth-order valence-electron chi connectivity index (χ4n) is 2.60. The Labute approximate surface area is 154 Å². The van der Waals surface area contributed by atoms with E-state index in [1.165, 1.54) is 0 Å². The minimum Gasteiger partial charge on any atom is -0.396 e. The minimum absolute atomic E-state index is 0.0973. The molecule has 1 atom stereocenters. The second kappa shape index (κ2) is 12.5. The van der Waals surface area contributed by atoms with Crippen molar-refractivity contribution in [3.8, 4) is 0 Å². The average Bonchev–Trinajstić information content (AvgIpc) is 2.67. The first-order valence-corrected chi connectivity index (χ1v) is 8.70. The molecule has 0 aromatic rings. The molecule has 0 aliphatic heterocycles.